The molecule has 3 rings (SSSR count). The maximum absolute atomic E-state index is 13.6. The number of benzene rings is 2. The molecule has 1 fully saturated rings. The Kier molecular flexibility index (Phi) is 12.9. The van der Waals surface area contributed by atoms with Gasteiger partial charge in [0.25, 0.3) is 5.91 Å². The Balaban J connectivity index is 1.79. The molecule has 0 bridgehead atoms. The van der Waals surface area contributed by atoms with Crippen molar-refractivity contribution in [2.75, 3.05) is 13.1 Å². The van der Waals surface area contributed by atoms with Crippen molar-refractivity contribution in [3.8, 4) is 0 Å². The Bertz CT molecular complexity index is 1300. The standard InChI is InChI=1S/C33H44N4O8/c1-5-34-27(38)20-25(36-32(43)44-21-23-15-10-7-11-16-23)29(40)35-24(19-22-13-8-6-9-14-22)28(39)30(41)37-18-12-17-26(37)31(42)45-33(2,3)4/h6-11,13-16,24-26,28,39H,5,12,17-21H2,1-4H3,(H,34,38)(H,35,40)(H,36,43)/t24?,25-,26-,28?/m0/s1. The Hall–Kier alpha value is -4.45. The molecule has 2 unspecified atom stereocenters. The number of amides is 4. The molecule has 12 heteroatoms. The molecule has 2 aromatic carbocycles. The van der Waals surface area contributed by atoms with Crippen molar-refractivity contribution in [2.24, 2.45) is 0 Å². The molecule has 4 amide bonds. The van der Waals surface area contributed by atoms with E-state index in [0.29, 0.717) is 19.4 Å². The Morgan fingerprint density at radius 1 is 0.956 bits per heavy atom. The monoisotopic (exact) mass is 624 g/mol. The smallest absolute Gasteiger partial charge is 0.408 e. The van der Waals surface area contributed by atoms with Gasteiger partial charge in [-0.1, -0.05) is 60.7 Å². The van der Waals surface area contributed by atoms with Gasteiger partial charge in [-0.25, -0.2) is 9.59 Å². The second-order valence-corrected chi connectivity index (χ2v) is 11.9. The van der Waals surface area contributed by atoms with Gasteiger partial charge in [-0.05, 0) is 58.1 Å². The summed E-state index contributed by atoms with van der Waals surface area (Å²) in [6, 6.07) is 14.5. The number of nitrogens with zero attached hydrogens (tertiary/aromatic N) is 1. The minimum Gasteiger partial charge on any atom is -0.458 e. The van der Waals surface area contributed by atoms with E-state index >= 15 is 0 Å². The molecular weight excluding hydrogens is 580 g/mol. The Labute approximate surface area is 263 Å². The lowest BCUT2D eigenvalue weighted by Crippen LogP contribution is -2.58. The molecular formula is C33H44N4O8. The Morgan fingerprint density at radius 3 is 2.18 bits per heavy atom. The highest BCUT2D eigenvalue weighted by molar-refractivity contribution is 5.92. The number of aliphatic hydroxyl groups excluding tert-OH is 1. The molecule has 1 saturated heterocycles. The number of carbonyl (C=O) groups excluding carboxylic acids is 5. The number of rotatable bonds is 13. The normalized spacial score (nSPS) is 16.6. The fourth-order valence-electron chi connectivity index (χ4n) is 4.95. The number of hydrogen-bond donors (Lipinski definition) is 4. The van der Waals surface area contributed by atoms with Crippen molar-refractivity contribution < 1.29 is 38.6 Å². The number of nitrogens with one attached hydrogen (secondary N) is 3. The molecule has 0 aliphatic carbocycles. The van der Waals surface area contributed by atoms with Crippen molar-refractivity contribution in [3.63, 3.8) is 0 Å². The molecule has 2 aromatic rings. The number of ether oxygens (including phenoxy) is 2. The zero-order chi connectivity index (χ0) is 33.0. The number of alkyl carbamates (subject to hydrolysis) is 1. The van der Waals surface area contributed by atoms with Crippen LogP contribution in [-0.2, 0) is 41.7 Å². The first-order valence-electron chi connectivity index (χ1n) is 15.2. The van der Waals surface area contributed by atoms with Crippen LogP contribution in [0, 0.1) is 0 Å². The highest BCUT2D eigenvalue weighted by Gasteiger charge is 2.41. The van der Waals surface area contributed by atoms with Gasteiger partial charge in [-0.15, -0.1) is 0 Å². The number of aliphatic hydroxyl groups is 1. The summed E-state index contributed by atoms with van der Waals surface area (Å²) in [5.41, 5.74) is 0.689. The topological polar surface area (TPSA) is 163 Å². The van der Waals surface area contributed by atoms with Crippen LogP contribution in [0.2, 0.25) is 0 Å². The molecule has 4 N–H and O–H groups in total. The van der Waals surface area contributed by atoms with E-state index in [0.717, 1.165) is 11.1 Å². The third kappa shape index (κ3) is 11.2. The quantitative estimate of drug-likeness (QED) is 0.247. The minimum absolute atomic E-state index is 0.0523. The summed E-state index contributed by atoms with van der Waals surface area (Å²) >= 11 is 0. The molecule has 1 aliphatic heterocycles. The lowest BCUT2D eigenvalue weighted by molar-refractivity contribution is -0.165. The first-order valence-corrected chi connectivity index (χ1v) is 15.2. The number of carbonyl (C=O) groups is 5. The summed E-state index contributed by atoms with van der Waals surface area (Å²) in [5, 5.41) is 19.1. The van der Waals surface area contributed by atoms with Crippen LogP contribution >= 0.6 is 0 Å². The third-order valence-electron chi connectivity index (χ3n) is 7.06. The molecule has 0 aromatic heterocycles. The van der Waals surface area contributed by atoms with Gasteiger partial charge >= 0.3 is 12.1 Å². The minimum atomic E-state index is -1.74. The molecule has 1 heterocycles. The second-order valence-electron chi connectivity index (χ2n) is 11.9. The van der Waals surface area contributed by atoms with Crippen LogP contribution in [0.25, 0.3) is 0 Å². The van der Waals surface area contributed by atoms with Gasteiger partial charge in [-0.3, -0.25) is 14.4 Å². The van der Waals surface area contributed by atoms with Crippen LogP contribution in [0.3, 0.4) is 0 Å². The zero-order valence-electron chi connectivity index (χ0n) is 26.3. The van der Waals surface area contributed by atoms with Crippen LogP contribution in [0.1, 0.15) is 58.1 Å². The fourth-order valence-corrected chi connectivity index (χ4v) is 4.95. The first-order chi connectivity index (χ1) is 21.4. The maximum Gasteiger partial charge on any atom is 0.408 e. The molecule has 0 saturated carbocycles. The highest BCUT2D eigenvalue weighted by atomic mass is 16.6. The van der Waals surface area contributed by atoms with Crippen LogP contribution < -0.4 is 16.0 Å². The van der Waals surface area contributed by atoms with E-state index in [-0.39, 0.29) is 19.6 Å². The molecule has 1 aliphatic rings. The SMILES string of the molecule is CCNC(=O)C[C@H](NC(=O)OCc1ccccc1)C(=O)NC(Cc1ccccc1)C(O)C(=O)N1CCC[C@H]1C(=O)OC(C)(C)C. The molecule has 12 nitrogen and oxygen atoms in total. The van der Waals surface area contributed by atoms with E-state index in [9.17, 15) is 29.1 Å². The molecule has 45 heavy (non-hydrogen) atoms. The summed E-state index contributed by atoms with van der Waals surface area (Å²) in [7, 11) is 0. The number of esters is 1. The second kappa shape index (κ2) is 16.6. The predicted molar refractivity (Wildman–Crippen MR) is 166 cm³/mol. The molecule has 4 atom stereocenters. The maximum atomic E-state index is 13.6. The van der Waals surface area contributed by atoms with E-state index in [1.807, 2.05) is 12.1 Å². The third-order valence-corrected chi connectivity index (χ3v) is 7.06. The zero-order valence-corrected chi connectivity index (χ0v) is 26.3. The average Bonchev–Trinajstić information content (AvgIpc) is 3.49. The largest absolute Gasteiger partial charge is 0.458 e. The van der Waals surface area contributed by atoms with Gasteiger partial charge in [0.1, 0.15) is 24.3 Å². The van der Waals surface area contributed by atoms with Crippen molar-refractivity contribution in [3.05, 3.63) is 71.8 Å². The lowest BCUT2D eigenvalue weighted by atomic mass is 9.99. The number of hydrogen-bond acceptors (Lipinski definition) is 8. The van der Waals surface area contributed by atoms with Gasteiger partial charge in [0.15, 0.2) is 6.10 Å². The van der Waals surface area contributed by atoms with Gasteiger partial charge in [-0.2, -0.15) is 0 Å². The lowest BCUT2D eigenvalue weighted by Gasteiger charge is -2.32. The summed E-state index contributed by atoms with van der Waals surface area (Å²) in [6.45, 7) is 7.40. The van der Waals surface area contributed by atoms with E-state index in [1.165, 1.54) is 4.90 Å². The summed E-state index contributed by atoms with van der Waals surface area (Å²) < 4.78 is 10.8. The van der Waals surface area contributed by atoms with Crippen molar-refractivity contribution in [2.45, 2.75) is 89.8 Å². The van der Waals surface area contributed by atoms with Gasteiger partial charge in [0.2, 0.25) is 11.8 Å². The average molecular weight is 625 g/mol. The Morgan fingerprint density at radius 2 is 1.58 bits per heavy atom. The van der Waals surface area contributed by atoms with Gasteiger partial charge in [0.05, 0.1) is 12.5 Å². The van der Waals surface area contributed by atoms with Gasteiger partial charge in [0, 0.05) is 13.1 Å². The van der Waals surface area contributed by atoms with Crippen molar-refractivity contribution >= 4 is 29.8 Å². The van der Waals surface area contributed by atoms with Crippen molar-refractivity contribution in [1.82, 2.24) is 20.9 Å². The van der Waals surface area contributed by atoms with Gasteiger partial charge < -0.3 is 35.4 Å². The summed E-state index contributed by atoms with van der Waals surface area (Å²) in [6.07, 6.45) is -2.09. The molecule has 0 spiro atoms. The van der Waals surface area contributed by atoms with E-state index in [4.69, 9.17) is 9.47 Å². The van der Waals surface area contributed by atoms with Crippen LogP contribution in [0.4, 0.5) is 4.79 Å². The van der Waals surface area contributed by atoms with Crippen LogP contribution in [0.5, 0.6) is 0 Å². The van der Waals surface area contributed by atoms with Crippen LogP contribution in [-0.4, -0.2) is 82.7 Å². The summed E-state index contributed by atoms with van der Waals surface area (Å²) in [5.74, 6) is -2.59. The van der Waals surface area contributed by atoms with Crippen molar-refractivity contribution in [1.29, 1.82) is 0 Å². The van der Waals surface area contributed by atoms with Crippen LogP contribution in [0.15, 0.2) is 60.7 Å². The van der Waals surface area contributed by atoms with E-state index in [1.54, 1.807) is 76.2 Å². The molecule has 244 valence electrons. The fraction of sp³-hybridized carbons (Fsp3) is 0.485. The van der Waals surface area contributed by atoms with E-state index < -0.39 is 66.0 Å². The van der Waals surface area contributed by atoms with E-state index in [2.05, 4.69) is 16.0 Å². The number of likely N-dealkylation sites (tertiary alicyclic amines) is 1. The predicted octanol–water partition coefficient (Wildman–Crippen LogP) is 2.23. The summed E-state index contributed by atoms with van der Waals surface area (Å²) in [4.78, 5) is 66.5. The molecule has 0 radical (unpaired) electrons. The highest BCUT2D eigenvalue weighted by Crippen LogP contribution is 2.23. The first kappa shape index (κ1) is 35.0.